The number of allylic oxidation sites excluding steroid dienone is 1. The average Bonchev–Trinajstić information content (AvgIpc) is 3.02. The topological polar surface area (TPSA) is 71.1 Å². The van der Waals surface area contributed by atoms with Crippen LogP contribution in [0.5, 0.6) is 17.2 Å². The molecule has 0 saturated carbocycles. The first-order valence-corrected chi connectivity index (χ1v) is 9.40. The Morgan fingerprint density at radius 1 is 1.10 bits per heavy atom. The molecule has 1 aliphatic heterocycles. The van der Waals surface area contributed by atoms with E-state index in [9.17, 15) is 9.59 Å². The molecule has 3 rings (SSSR count). The molecular weight excluding hydrogens is 372 g/mol. The molecule has 0 saturated heterocycles. The van der Waals surface area contributed by atoms with Crippen molar-refractivity contribution in [3.05, 3.63) is 58.8 Å². The maximum atomic E-state index is 12.7. The standard InChI is InChI=1S/C23H24O6/c1-14(2)9-10-28-19-7-5-15(11-20(19)26-3)12-21-22(24)17-13-16(23(25)27-4)6-8-18(17)29-21/h5-8,11-14H,9-10H2,1-4H3/b21-12+. The van der Waals surface area contributed by atoms with Gasteiger partial charge < -0.3 is 18.9 Å². The molecule has 0 fully saturated rings. The molecule has 0 atom stereocenters. The molecule has 6 nitrogen and oxygen atoms in total. The summed E-state index contributed by atoms with van der Waals surface area (Å²) in [4.78, 5) is 24.4. The maximum absolute atomic E-state index is 12.7. The Morgan fingerprint density at radius 2 is 1.90 bits per heavy atom. The van der Waals surface area contributed by atoms with Gasteiger partial charge in [-0.05, 0) is 54.3 Å². The highest BCUT2D eigenvalue weighted by Crippen LogP contribution is 2.34. The van der Waals surface area contributed by atoms with Crippen molar-refractivity contribution in [1.82, 2.24) is 0 Å². The molecule has 2 aromatic carbocycles. The lowest BCUT2D eigenvalue weighted by molar-refractivity contribution is 0.0600. The molecule has 0 amide bonds. The van der Waals surface area contributed by atoms with Crippen LogP contribution in [0.2, 0.25) is 0 Å². The maximum Gasteiger partial charge on any atom is 0.337 e. The van der Waals surface area contributed by atoms with E-state index in [0.29, 0.717) is 40.9 Å². The zero-order valence-corrected chi connectivity index (χ0v) is 17.0. The van der Waals surface area contributed by atoms with Gasteiger partial charge in [-0.25, -0.2) is 4.79 Å². The summed E-state index contributed by atoms with van der Waals surface area (Å²) in [7, 11) is 2.87. The quantitative estimate of drug-likeness (QED) is 0.506. The minimum atomic E-state index is -0.504. The van der Waals surface area contributed by atoms with E-state index in [2.05, 4.69) is 13.8 Å². The third-order valence-corrected chi connectivity index (χ3v) is 4.53. The van der Waals surface area contributed by atoms with Crippen molar-refractivity contribution >= 4 is 17.8 Å². The molecule has 0 N–H and O–H groups in total. The summed E-state index contributed by atoms with van der Waals surface area (Å²) in [6.07, 6.45) is 2.59. The fourth-order valence-electron chi connectivity index (χ4n) is 2.88. The first-order chi connectivity index (χ1) is 13.9. The Morgan fingerprint density at radius 3 is 2.59 bits per heavy atom. The number of fused-ring (bicyclic) bond motifs is 1. The number of ether oxygens (including phenoxy) is 4. The highest BCUT2D eigenvalue weighted by Gasteiger charge is 2.28. The molecule has 0 spiro atoms. The van der Waals surface area contributed by atoms with Crippen LogP contribution < -0.4 is 14.2 Å². The van der Waals surface area contributed by atoms with Gasteiger partial charge in [-0.1, -0.05) is 19.9 Å². The molecule has 1 heterocycles. The summed E-state index contributed by atoms with van der Waals surface area (Å²) in [5.41, 5.74) is 1.37. The van der Waals surface area contributed by atoms with Gasteiger partial charge in [0.1, 0.15) is 5.75 Å². The largest absolute Gasteiger partial charge is 0.493 e. The zero-order valence-electron chi connectivity index (χ0n) is 17.0. The van der Waals surface area contributed by atoms with Gasteiger partial charge in [0.05, 0.1) is 32.0 Å². The number of benzene rings is 2. The Kier molecular flexibility index (Phi) is 6.22. The number of rotatable bonds is 7. The molecule has 0 aromatic heterocycles. The Balaban J connectivity index is 1.81. The fourth-order valence-corrected chi connectivity index (χ4v) is 2.88. The van der Waals surface area contributed by atoms with Crippen LogP contribution in [0.3, 0.4) is 0 Å². The normalized spacial score (nSPS) is 14.0. The molecule has 1 aliphatic rings. The van der Waals surface area contributed by atoms with Gasteiger partial charge in [-0.15, -0.1) is 0 Å². The second-order valence-corrected chi connectivity index (χ2v) is 7.08. The van der Waals surface area contributed by atoms with Gasteiger partial charge in [0, 0.05) is 0 Å². The average molecular weight is 396 g/mol. The summed E-state index contributed by atoms with van der Waals surface area (Å²) >= 11 is 0. The third kappa shape index (κ3) is 4.59. The summed E-state index contributed by atoms with van der Waals surface area (Å²) in [5.74, 6) is 1.58. The molecule has 0 unspecified atom stereocenters. The smallest absolute Gasteiger partial charge is 0.337 e. The molecule has 152 valence electrons. The van der Waals surface area contributed by atoms with Crippen molar-refractivity contribution in [2.24, 2.45) is 5.92 Å². The fraction of sp³-hybridized carbons (Fsp3) is 0.304. The lowest BCUT2D eigenvalue weighted by atomic mass is 10.1. The third-order valence-electron chi connectivity index (χ3n) is 4.53. The van der Waals surface area contributed by atoms with E-state index in [-0.39, 0.29) is 11.5 Å². The van der Waals surface area contributed by atoms with Crippen molar-refractivity contribution in [3.8, 4) is 17.2 Å². The monoisotopic (exact) mass is 396 g/mol. The van der Waals surface area contributed by atoms with E-state index >= 15 is 0 Å². The second-order valence-electron chi connectivity index (χ2n) is 7.08. The Hall–Kier alpha value is -3.28. The van der Waals surface area contributed by atoms with Crippen LogP contribution in [0.15, 0.2) is 42.2 Å². The van der Waals surface area contributed by atoms with Gasteiger partial charge in [-0.2, -0.15) is 0 Å². The van der Waals surface area contributed by atoms with Gasteiger partial charge in [-0.3, -0.25) is 4.79 Å². The number of hydrogen-bond acceptors (Lipinski definition) is 6. The van der Waals surface area contributed by atoms with Crippen molar-refractivity contribution in [2.45, 2.75) is 20.3 Å². The van der Waals surface area contributed by atoms with Crippen LogP contribution in [-0.2, 0) is 4.74 Å². The van der Waals surface area contributed by atoms with Gasteiger partial charge in [0.25, 0.3) is 0 Å². The van der Waals surface area contributed by atoms with Gasteiger partial charge >= 0.3 is 5.97 Å². The van der Waals surface area contributed by atoms with Crippen molar-refractivity contribution < 1.29 is 28.5 Å². The van der Waals surface area contributed by atoms with Crippen molar-refractivity contribution in [2.75, 3.05) is 20.8 Å². The van der Waals surface area contributed by atoms with E-state index in [4.69, 9.17) is 18.9 Å². The SMILES string of the molecule is COC(=O)c1ccc2c(c1)C(=O)/C(=C\c1ccc(OCCC(C)C)c(OC)c1)O2. The number of Topliss-reactive ketones (excluding diaryl/α,β-unsaturated/α-hetero) is 1. The van der Waals surface area contributed by atoms with E-state index in [1.807, 2.05) is 12.1 Å². The predicted molar refractivity (Wildman–Crippen MR) is 109 cm³/mol. The summed E-state index contributed by atoms with van der Waals surface area (Å²) < 4.78 is 21.6. The molecular formula is C23H24O6. The van der Waals surface area contributed by atoms with E-state index in [1.54, 1.807) is 31.4 Å². The second kappa shape index (κ2) is 8.82. The van der Waals surface area contributed by atoms with Crippen LogP contribution in [-0.4, -0.2) is 32.6 Å². The lowest BCUT2D eigenvalue weighted by Gasteiger charge is -2.12. The molecule has 0 bridgehead atoms. The highest BCUT2D eigenvalue weighted by molar-refractivity contribution is 6.15. The Labute approximate surface area is 170 Å². The van der Waals surface area contributed by atoms with Crippen LogP contribution in [0.25, 0.3) is 6.08 Å². The molecule has 2 aromatic rings. The summed E-state index contributed by atoms with van der Waals surface area (Å²) in [5, 5.41) is 0. The number of hydrogen-bond donors (Lipinski definition) is 0. The first kappa shape index (κ1) is 20.5. The first-order valence-electron chi connectivity index (χ1n) is 9.40. The minimum Gasteiger partial charge on any atom is -0.493 e. The molecule has 0 radical (unpaired) electrons. The number of methoxy groups -OCH3 is 2. The van der Waals surface area contributed by atoms with E-state index < -0.39 is 5.97 Å². The van der Waals surface area contributed by atoms with Crippen LogP contribution in [0, 0.1) is 5.92 Å². The summed E-state index contributed by atoms with van der Waals surface area (Å²) in [6.45, 7) is 4.88. The predicted octanol–water partition coefficient (Wildman–Crippen LogP) is 4.52. The Bertz CT molecular complexity index is 958. The van der Waals surface area contributed by atoms with E-state index in [1.165, 1.54) is 13.2 Å². The van der Waals surface area contributed by atoms with E-state index in [0.717, 1.165) is 12.0 Å². The number of ketones is 1. The number of carbonyl (C=O) groups is 2. The molecule has 6 heteroatoms. The van der Waals surface area contributed by atoms with Crippen LogP contribution in [0.4, 0.5) is 0 Å². The molecule has 0 aliphatic carbocycles. The lowest BCUT2D eigenvalue weighted by Crippen LogP contribution is -2.03. The van der Waals surface area contributed by atoms with Crippen molar-refractivity contribution in [3.63, 3.8) is 0 Å². The number of carbonyl (C=O) groups excluding carboxylic acids is 2. The van der Waals surface area contributed by atoms with Gasteiger partial charge in [0.15, 0.2) is 17.3 Å². The van der Waals surface area contributed by atoms with Crippen LogP contribution >= 0.6 is 0 Å². The van der Waals surface area contributed by atoms with Crippen molar-refractivity contribution in [1.29, 1.82) is 0 Å². The highest BCUT2D eigenvalue weighted by atomic mass is 16.5. The number of esters is 1. The van der Waals surface area contributed by atoms with Gasteiger partial charge in [0.2, 0.25) is 5.78 Å². The summed E-state index contributed by atoms with van der Waals surface area (Å²) in [6, 6.07) is 10.1. The zero-order chi connectivity index (χ0) is 21.0. The molecule has 29 heavy (non-hydrogen) atoms. The minimum absolute atomic E-state index is 0.178. The van der Waals surface area contributed by atoms with Crippen LogP contribution in [0.1, 0.15) is 46.5 Å².